The minimum Gasteiger partial charge on any atom is -0.354 e. The minimum absolute atomic E-state index is 0.00102. The van der Waals surface area contributed by atoms with E-state index in [1.165, 1.54) is 12.1 Å². The number of amides is 2. The molecular formula is C30H34Cl3N3O4S. The van der Waals surface area contributed by atoms with Gasteiger partial charge in [-0.25, -0.2) is 8.42 Å². The molecule has 0 aromatic heterocycles. The van der Waals surface area contributed by atoms with Crippen LogP contribution in [0.3, 0.4) is 0 Å². The van der Waals surface area contributed by atoms with E-state index in [0.29, 0.717) is 23.0 Å². The molecule has 0 saturated carbocycles. The quantitative estimate of drug-likeness (QED) is 0.223. The zero-order valence-corrected chi connectivity index (χ0v) is 26.1. The van der Waals surface area contributed by atoms with E-state index < -0.39 is 16.1 Å². The van der Waals surface area contributed by atoms with Crippen molar-refractivity contribution in [1.82, 2.24) is 10.2 Å². The Hall–Kier alpha value is -2.78. The summed E-state index contributed by atoms with van der Waals surface area (Å²) in [6.07, 6.45) is 2.33. The molecular weight excluding hydrogens is 605 g/mol. The van der Waals surface area contributed by atoms with Crippen molar-refractivity contribution in [2.75, 3.05) is 23.7 Å². The third-order valence-electron chi connectivity index (χ3n) is 6.39. The number of anilines is 1. The Morgan fingerprint density at radius 3 is 2.24 bits per heavy atom. The normalized spacial score (nSPS) is 12.0. The molecule has 3 aromatic rings. The smallest absolute Gasteiger partial charge is 0.243 e. The number of carbonyl (C=O) groups is 2. The number of nitrogens with one attached hydrogen (secondary N) is 1. The Bertz CT molecular complexity index is 1440. The molecule has 1 unspecified atom stereocenters. The molecule has 0 aliphatic heterocycles. The highest BCUT2D eigenvalue weighted by atomic mass is 35.5. The second-order valence-electron chi connectivity index (χ2n) is 9.68. The van der Waals surface area contributed by atoms with Crippen LogP contribution in [-0.2, 0) is 32.6 Å². The van der Waals surface area contributed by atoms with Crippen LogP contribution in [-0.4, -0.2) is 50.5 Å². The molecule has 220 valence electrons. The SMILES string of the molecule is CCCNC(=O)C(Cc1ccccc1)N(Cc1cccc(Cl)c1)C(=O)CCCN(c1cc(Cl)ccc1Cl)S(C)(=O)=O. The number of hydrogen-bond acceptors (Lipinski definition) is 4. The van der Waals surface area contributed by atoms with Gasteiger partial charge in [0.15, 0.2) is 0 Å². The van der Waals surface area contributed by atoms with Crippen LogP contribution in [0.2, 0.25) is 15.1 Å². The summed E-state index contributed by atoms with van der Waals surface area (Å²) in [5, 5.41) is 4.02. The van der Waals surface area contributed by atoms with Crippen molar-refractivity contribution >= 4 is 62.3 Å². The van der Waals surface area contributed by atoms with Crippen LogP contribution in [0.1, 0.15) is 37.3 Å². The summed E-state index contributed by atoms with van der Waals surface area (Å²) in [5.74, 6) is -0.544. The second kappa shape index (κ2) is 15.4. The summed E-state index contributed by atoms with van der Waals surface area (Å²) in [5.41, 5.74) is 1.92. The molecule has 0 heterocycles. The fourth-order valence-electron chi connectivity index (χ4n) is 4.41. The fourth-order valence-corrected chi connectivity index (χ4v) is 6.03. The monoisotopic (exact) mass is 637 g/mol. The predicted molar refractivity (Wildman–Crippen MR) is 167 cm³/mol. The Kier molecular flexibility index (Phi) is 12.3. The lowest BCUT2D eigenvalue weighted by atomic mass is 10.0. The Labute approximate surface area is 257 Å². The van der Waals surface area contributed by atoms with Gasteiger partial charge in [0.2, 0.25) is 21.8 Å². The maximum atomic E-state index is 13.8. The van der Waals surface area contributed by atoms with Gasteiger partial charge in [0.25, 0.3) is 0 Å². The summed E-state index contributed by atoms with van der Waals surface area (Å²) in [6, 6.07) is 20.4. The molecule has 0 spiro atoms. The zero-order valence-electron chi connectivity index (χ0n) is 23.0. The van der Waals surface area contributed by atoms with E-state index in [0.717, 1.165) is 28.1 Å². The van der Waals surface area contributed by atoms with E-state index >= 15 is 0 Å². The summed E-state index contributed by atoms with van der Waals surface area (Å²) < 4.78 is 26.4. The first kappa shape index (κ1) is 32.7. The van der Waals surface area contributed by atoms with Gasteiger partial charge in [-0.05, 0) is 54.3 Å². The number of sulfonamides is 1. The Morgan fingerprint density at radius 1 is 0.902 bits per heavy atom. The van der Waals surface area contributed by atoms with E-state index in [9.17, 15) is 18.0 Å². The van der Waals surface area contributed by atoms with Crippen LogP contribution >= 0.6 is 34.8 Å². The lowest BCUT2D eigenvalue weighted by molar-refractivity contribution is -0.141. The average Bonchev–Trinajstić information content (AvgIpc) is 2.93. The summed E-state index contributed by atoms with van der Waals surface area (Å²) in [4.78, 5) is 28.8. The Morgan fingerprint density at radius 2 is 1.59 bits per heavy atom. The van der Waals surface area contributed by atoms with Gasteiger partial charge in [0.1, 0.15) is 6.04 Å². The molecule has 3 aromatic carbocycles. The third-order valence-corrected chi connectivity index (χ3v) is 8.36. The highest BCUT2D eigenvalue weighted by molar-refractivity contribution is 7.92. The molecule has 0 saturated heterocycles. The minimum atomic E-state index is -3.72. The topological polar surface area (TPSA) is 86.8 Å². The van der Waals surface area contributed by atoms with Crippen LogP contribution in [0.25, 0.3) is 0 Å². The first-order valence-electron chi connectivity index (χ1n) is 13.3. The van der Waals surface area contributed by atoms with Crippen LogP contribution in [0.4, 0.5) is 5.69 Å². The molecule has 0 aliphatic rings. The van der Waals surface area contributed by atoms with Crippen LogP contribution in [0.15, 0.2) is 72.8 Å². The molecule has 0 bridgehead atoms. The molecule has 41 heavy (non-hydrogen) atoms. The lowest BCUT2D eigenvalue weighted by Gasteiger charge is -2.32. The van der Waals surface area contributed by atoms with Gasteiger partial charge in [-0.3, -0.25) is 13.9 Å². The number of hydrogen-bond donors (Lipinski definition) is 1. The second-order valence-corrected chi connectivity index (χ2v) is 12.9. The molecule has 0 aliphatic carbocycles. The third kappa shape index (κ3) is 9.92. The highest BCUT2D eigenvalue weighted by Crippen LogP contribution is 2.31. The number of nitrogens with zero attached hydrogens (tertiary/aromatic N) is 2. The first-order chi connectivity index (χ1) is 19.5. The van der Waals surface area contributed by atoms with Gasteiger partial charge in [-0.1, -0.05) is 84.2 Å². The number of halogens is 3. The van der Waals surface area contributed by atoms with Crippen LogP contribution < -0.4 is 9.62 Å². The van der Waals surface area contributed by atoms with E-state index in [-0.39, 0.29) is 48.5 Å². The number of carbonyl (C=O) groups excluding carboxylic acids is 2. The summed E-state index contributed by atoms with van der Waals surface area (Å²) >= 11 is 18.6. The van der Waals surface area contributed by atoms with Crippen molar-refractivity contribution in [3.05, 3.63) is 99.0 Å². The van der Waals surface area contributed by atoms with Crippen molar-refractivity contribution in [3.63, 3.8) is 0 Å². The molecule has 2 amide bonds. The Balaban J connectivity index is 1.89. The van der Waals surface area contributed by atoms with Crippen molar-refractivity contribution in [1.29, 1.82) is 0 Å². The van der Waals surface area contributed by atoms with Gasteiger partial charge in [0, 0.05) is 42.5 Å². The average molecular weight is 639 g/mol. The van der Waals surface area contributed by atoms with Crippen molar-refractivity contribution < 1.29 is 18.0 Å². The molecule has 3 rings (SSSR count). The maximum Gasteiger partial charge on any atom is 0.243 e. The van der Waals surface area contributed by atoms with Gasteiger partial charge in [-0.2, -0.15) is 0 Å². The van der Waals surface area contributed by atoms with Crippen molar-refractivity contribution in [2.45, 2.75) is 45.2 Å². The van der Waals surface area contributed by atoms with Gasteiger partial charge in [-0.15, -0.1) is 0 Å². The molecule has 0 radical (unpaired) electrons. The fraction of sp³-hybridized carbons (Fsp3) is 0.333. The first-order valence-corrected chi connectivity index (χ1v) is 16.3. The van der Waals surface area contributed by atoms with Crippen molar-refractivity contribution in [3.8, 4) is 0 Å². The molecule has 0 fully saturated rings. The summed E-state index contributed by atoms with van der Waals surface area (Å²) in [7, 11) is -3.72. The highest BCUT2D eigenvalue weighted by Gasteiger charge is 2.30. The van der Waals surface area contributed by atoms with Crippen LogP contribution in [0.5, 0.6) is 0 Å². The van der Waals surface area contributed by atoms with E-state index in [1.54, 1.807) is 29.2 Å². The van der Waals surface area contributed by atoms with E-state index in [1.807, 2.05) is 43.3 Å². The van der Waals surface area contributed by atoms with Crippen molar-refractivity contribution in [2.24, 2.45) is 0 Å². The molecule has 11 heteroatoms. The number of benzene rings is 3. The maximum absolute atomic E-state index is 13.8. The molecule has 1 N–H and O–H groups in total. The van der Waals surface area contributed by atoms with Gasteiger partial charge < -0.3 is 10.2 Å². The van der Waals surface area contributed by atoms with Gasteiger partial charge in [0.05, 0.1) is 17.0 Å². The number of rotatable bonds is 14. The molecule has 1 atom stereocenters. The predicted octanol–water partition coefficient (Wildman–Crippen LogP) is 6.36. The van der Waals surface area contributed by atoms with E-state index in [4.69, 9.17) is 34.8 Å². The van der Waals surface area contributed by atoms with Gasteiger partial charge >= 0.3 is 0 Å². The summed E-state index contributed by atoms with van der Waals surface area (Å²) in [6.45, 7) is 2.60. The lowest BCUT2D eigenvalue weighted by Crippen LogP contribution is -2.50. The largest absolute Gasteiger partial charge is 0.354 e. The standard InChI is InChI=1S/C30H34Cl3N3O4S/c1-3-16-34-30(38)28(19-22-9-5-4-6-10-22)35(21-23-11-7-12-24(31)18-23)29(37)13-8-17-36(41(2,39)40)27-20-25(32)14-15-26(27)33/h4-7,9-12,14-15,18,20,28H,3,8,13,16-17,19,21H2,1-2H3,(H,34,38). The molecule has 7 nitrogen and oxygen atoms in total. The van der Waals surface area contributed by atoms with E-state index in [2.05, 4.69) is 5.32 Å². The van der Waals surface area contributed by atoms with Crippen LogP contribution in [0, 0.1) is 0 Å². The zero-order chi connectivity index (χ0) is 30.0.